The van der Waals surface area contributed by atoms with Gasteiger partial charge in [0, 0.05) is 6.20 Å². The molecule has 2 amide bonds. The Labute approximate surface area is 191 Å². The lowest BCUT2D eigenvalue weighted by Crippen LogP contribution is -2.45. The molecule has 33 heavy (non-hydrogen) atoms. The summed E-state index contributed by atoms with van der Waals surface area (Å²) in [4.78, 5) is 33.2. The minimum Gasteiger partial charge on any atom is -0.444 e. The lowest BCUT2D eigenvalue weighted by molar-refractivity contribution is 0.0635. The number of ether oxygens (including phenoxy) is 1. The molecule has 0 spiro atoms. The van der Waals surface area contributed by atoms with Crippen molar-refractivity contribution in [3.8, 4) is 17.1 Å². The average Bonchev–Trinajstić information content (AvgIpc) is 3.19. The Bertz CT molecular complexity index is 1120. The highest BCUT2D eigenvalue weighted by atomic mass is 19.1. The van der Waals surface area contributed by atoms with Gasteiger partial charge in [0.1, 0.15) is 12.3 Å². The van der Waals surface area contributed by atoms with E-state index in [4.69, 9.17) is 4.74 Å². The van der Waals surface area contributed by atoms with Gasteiger partial charge in [-0.15, -0.1) is 0 Å². The third-order valence-electron chi connectivity index (χ3n) is 4.29. The van der Waals surface area contributed by atoms with Gasteiger partial charge in [-0.1, -0.05) is 0 Å². The van der Waals surface area contributed by atoms with Crippen LogP contribution >= 0.6 is 0 Å². The van der Waals surface area contributed by atoms with Crippen LogP contribution in [0.4, 0.5) is 14.9 Å². The topological polar surface area (TPSA) is 111 Å². The molecule has 2 N–H and O–H groups in total. The van der Waals surface area contributed by atoms with Crippen LogP contribution in [0.15, 0.2) is 48.9 Å². The first-order valence-corrected chi connectivity index (χ1v) is 10.3. The predicted molar refractivity (Wildman–Crippen MR) is 122 cm³/mol. The van der Waals surface area contributed by atoms with E-state index in [1.54, 1.807) is 77.3 Å². The Morgan fingerprint density at radius 3 is 2.45 bits per heavy atom. The van der Waals surface area contributed by atoms with Gasteiger partial charge < -0.3 is 10.1 Å². The number of aromatic nitrogens is 4. The zero-order valence-electron chi connectivity index (χ0n) is 19.2. The predicted octanol–water partition coefficient (Wildman–Crippen LogP) is 4.15. The number of carbonyl (C=O) groups excluding carboxylic acids is 2. The van der Waals surface area contributed by atoms with Crippen molar-refractivity contribution in [1.82, 2.24) is 25.1 Å². The van der Waals surface area contributed by atoms with Gasteiger partial charge in [-0.05, 0) is 65.0 Å². The highest BCUT2D eigenvalue weighted by Gasteiger charge is 2.24. The molecule has 3 heterocycles. The molecule has 0 saturated carbocycles. The van der Waals surface area contributed by atoms with Crippen LogP contribution in [0.25, 0.3) is 17.1 Å². The Morgan fingerprint density at radius 2 is 1.88 bits per heavy atom. The molecule has 0 unspecified atom stereocenters. The molecule has 0 bridgehead atoms. The van der Waals surface area contributed by atoms with E-state index in [9.17, 15) is 14.0 Å². The zero-order chi connectivity index (χ0) is 24.2. The number of amides is 2. The molecule has 0 atom stereocenters. The van der Waals surface area contributed by atoms with E-state index in [-0.39, 0.29) is 5.69 Å². The summed E-state index contributed by atoms with van der Waals surface area (Å²) >= 11 is 0. The van der Waals surface area contributed by atoms with Crippen molar-refractivity contribution in [3.05, 3.63) is 54.6 Å². The Hall–Kier alpha value is -3.82. The minimum absolute atomic E-state index is 0.105. The number of nitrogens with one attached hydrogen (secondary N) is 2. The van der Waals surface area contributed by atoms with Crippen LogP contribution in [0.3, 0.4) is 0 Å². The first-order valence-electron chi connectivity index (χ1n) is 10.3. The van der Waals surface area contributed by atoms with Crippen LogP contribution in [0, 0.1) is 0 Å². The largest absolute Gasteiger partial charge is 0.444 e. The smallest absolute Gasteiger partial charge is 0.412 e. The number of alkyl halides is 1. The molecule has 10 heteroatoms. The summed E-state index contributed by atoms with van der Waals surface area (Å²) in [5.41, 5.74) is 0.550. The van der Waals surface area contributed by atoms with Crippen LogP contribution in [-0.2, 0) is 4.74 Å². The molecule has 9 nitrogen and oxygen atoms in total. The van der Waals surface area contributed by atoms with Crippen molar-refractivity contribution in [1.29, 1.82) is 0 Å². The highest BCUT2D eigenvalue weighted by molar-refractivity contribution is 5.94. The standard InChI is InChI=1S/C23H27FN6O3/c1-22(2,3)33-21(32)27-15-8-9-17(26-12-15)19-11-18(20(31)28-23(4,5)14-24)29-30(19)16-7-6-10-25-13-16/h6-13H,14H2,1-5H3,(H,27,32)(H,28,31). The molecule has 0 fully saturated rings. The number of hydrogen-bond donors (Lipinski definition) is 2. The second-order valence-electron chi connectivity index (χ2n) is 9.07. The molecule has 0 aliphatic carbocycles. The zero-order valence-corrected chi connectivity index (χ0v) is 19.2. The lowest BCUT2D eigenvalue weighted by atomic mass is 10.1. The van der Waals surface area contributed by atoms with E-state index in [2.05, 4.69) is 25.7 Å². The molecule has 0 aliphatic rings. The van der Waals surface area contributed by atoms with Crippen molar-refractivity contribution >= 4 is 17.7 Å². The molecular formula is C23H27FN6O3. The maximum atomic E-state index is 13.2. The van der Waals surface area contributed by atoms with E-state index in [1.165, 1.54) is 10.9 Å². The molecule has 3 aromatic heterocycles. The van der Waals surface area contributed by atoms with E-state index < -0.39 is 29.8 Å². The number of nitrogens with zero attached hydrogens (tertiary/aromatic N) is 4. The fourth-order valence-electron chi connectivity index (χ4n) is 2.80. The van der Waals surface area contributed by atoms with E-state index in [0.29, 0.717) is 22.8 Å². The van der Waals surface area contributed by atoms with Crippen molar-refractivity contribution in [2.75, 3.05) is 12.0 Å². The van der Waals surface area contributed by atoms with Crippen molar-refractivity contribution in [2.24, 2.45) is 0 Å². The second-order valence-corrected chi connectivity index (χ2v) is 9.07. The Balaban J connectivity index is 1.92. The van der Waals surface area contributed by atoms with Gasteiger partial charge in [-0.25, -0.2) is 13.9 Å². The molecule has 0 aromatic carbocycles. The van der Waals surface area contributed by atoms with Gasteiger partial charge in [0.2, 0.25) is 0 Å². The Morgan fingerprint density at radius 1 is 1.12 bits per heavy atom. The summed E-state index contributed by atoms with van der Waals surface area (Å²) in [6, 6.07) is 8.45. The number of hydrogen-bond acceptors (Lipinski definition) is 6. The van der Waals surface area contributed by atoms with Crippen molar-refractivity contribution in [2.45, 2.75) is 45.8 Å². The summed E-state index contributed by atoms with van der Waals surface area (Å²) in [7, 11) is 0. The van der Waals surface area contributed by atoms with E-state index in [0.717, 1.165) is 0 Å². The first-order chi connectivity index (χ1) is 15.5. The van der Waals surface area contributed by atoms with Crippen molar-refractivity contribution < 1.29 is 18.7 Å². The number of pyridine rings is 2. The van der Waals surface area contributed by atoms with E-state index in [1.807, 2.05) is 0 Å². The maximum Gasteiger partial charge on any atom is 0.412 e. The van der Waals surface area contributed by atoms with E-state index >= 15 is 0 Å². The third-order valence-corrected chi connectivity index (χ3v) is 4.29. The Kier molecular flexibility index (Phi) is 6.75. The van der Waals surface area contributed by atoms with Crippen LogP contribution in [-0.4, -0.2) is 49.6 Å². The monoisotopic (exact) mass is 454 g/mol. The number of carbonyl (C=O) groups is 2. The normalized spacial score (nSPS) is 11.7. The first kappa shape index (κ1) is 23.8. The van der Waals surface area contributed by atoms with Crippen LogP contribution < -0.4 is 10.6 Å². The fourth-order valence-corrected chi connectivity index (χ4v) is 2.80. The SMILES string of the molecule is CC(C)(CF)NC(=O)c1cc(-c2ccc(NC(=O)OC(C)(C)C)cn2)n(-c2cccnc2)n1. The van der Waals surface area contributed by atoms with Crippen LogP contribution in [0.1, 0.15) is 45.1 Å². The summed E-state index contributed by atoms with van der Waals surface area (Å²) in [6.07, 6.45) is 4.11. The molecule has 0 radical (unpaired) electrons. The van der Waals surface area contributed by atoms with Crippen molar-refractivity contribution in [3.63, 3.8) is 0 Å². The quantitative estimate of drug-likeness (QED) is 0.579. The summed E-state index contributed by atoms with van der Waals surface area (Å²) in [6.45, 7) is 7.77. The molecule has 174 valence electrons. The highest BCUT2D eigenvalue weighted by Crippen LogP contribution is 2.24. The second kappa shape index (κ2) is 9.35. The molecule has 0 aliphatic heterocycles. The summed E-state index contributed by atoms with van der Waals surface area (Å²) in [5, 5.41) is 9.65. The minimum atomic E-state index is -1.03. The number of anilines is 1. The summed E-state index contributed by atoms with van der Waals surface area (Å²) in [5.74, 6) is -0.509. The molecule has 0 saturated heterocycles. The molecule has 3 rings (SSSR count). The average molecular weight is 455 g/mol. The van der Waals surface area contributed by atoms with Gasteiger partial charge in [-0.3, -0.25) is 20.1 Å². The number of rotatable bonds is 6. The maximum absolute atomic E-state index is 13.2. The van der Waals surface area contributed by atoms with Crippen LogP contribution in [0.5, 0.6) is 0 Å². The van der Waals surface area contributed by atoms with Gasteiger partial charge in [0.05, 0.1) is 40.7 Å². The van der Waals surface area contributed by atoms with Gasteiger partial charge >= 0.3 is 6.09 Å². The van der Waals surface area contributed by atoms with Gasteiger partial charge in [-0.2, -0.15) is 5.10 Å². The fraction of sp³-hybridized carbons (Fsp3) is 0.348. The number of halogens is 1. The molecular weight excluding hydrogens is 427 g/mol. The molecule has 3 aromatic rings. The third kappa shape index (κ3) is 6.34. The summed E-state index contributed by atoms with van der Waals surface area (Å²) < 4.78 is 20.0. The van der Waals surface area contributed by atoms with Crippen LogP contribution in [0.2, 0.25) is 0 Å². The van der Waals surface area contributed by atoms with Gasteiger partial charge in [0.25, 0.3) is 5.91 Å². The lowest BCUT2D eigenvalue weighted by Gasteiger charge is -2.21. The van der Waals surface area contributed by atoms with Gasteiger partial charge in [0.15, 0.2) is 5.69 Å².